The van der Waals surface area contributed by atoms with E-state index in [1.54, 1.807) is 86.2 Å². The molecule has 0 aliphatic rings. The van der Waals surface area contributed by atoms with E-state index in [0.717, 1.165) is 166 Å². The van der Waals surface area contributed by atoms with E-state index in [2.05, 4.69) is 136 Å². The Morgan fingerprint density at radius 2 is 0.756 bits per heavy atom. The Morgan fingerprint density at radius 1 is 0.344 bits per heavy atom. The Morgan fingerprint density at radius 3 is 1.22 bits per heavy atom. The molecule has 0 amide bonds. The fourth-order valence-corrected chi connectivity index (χ4v) is 18.6. The quantitative estimate of drug-likeness (QED) is 0.0248. The molecule has 0 aromatic carbocycles. The van der Waals surface area contributed by atoms with Gasteiger partial charge < -0.3 is 19.9 Å². The Kier molecular flexibility index (Phi) is 46.0. The van der Waals surface area contributed by atoms with E-state index in [4.69, 9.17) is 23.2 Å². The maximum atomic E-state index is 13.3. The number of aromatic amines is 4. The maximum Gasteiger partial charge on any atom is 0.418 e. The second-order valence-corrected chi connectivity index (χ2v) is 35.9. The lowest BCUT2D eigenvalue weighted by atomic mass is 10.1. The molecule has 0 radical (unpaired) electrons. The molecule has 0 saturated heterocycles. The minimum Gasteiger partial charge on any atom is -0.301 e. The third-order valence-corrected chi connectivity index (χ3v) is 24.5. The second-order valence-electron chi connectivity index (χ2n) is 28.4. The van der Waals surface area contributed by atoms with Gasteiger partial charge in [-0.3, -0.25) is 49.1 Å². The predicted molar refractivity (Wildman–Crippen MR) is 519 cm³/mol. The number of aryl methyl sites for hydroxylation is 15. The van der Waals surface area contributed by atoms with Gasteiger partial charge in [0.05, 0.1) is 16.3 Å². The molecule has 0 atom stereocenters. The summed E-state index contributed by atoms with van der Waals surface area (Å²) in [4.78, 5) is 131. The molecule has 4 N–H and O–H groups in total. The number of aromatic nitrogens is 22. The highest BCUT2D eigenvalue weighted by molar-refractivity contribution is 7.99. The molecule has 0 aliphatic carbocycles. The van der Waals surface area contributed by atoms with E-state index in [-0.39, 0.29) is 58.0 Å². The van der Waals surface area contributed by atoms with Gasteiger partial charge in [0.25, 0.3) is 28.2 Å². The van der Waals surface area contributed by atoms with Crippen molar-refractivity contribution < 1.29 is 22.0 Å². The van der Waals surface area contributed by atoms with Crippen LogP contribution in [0.3, 0.4) is 0 Å². The molecule has 14 rings (SSSR count). The number of nitrogens with zero attached hydrogens (tertiary/aromatic N) is 18. The monoisotopic (exact) mass is 2000 g/mol. The van der Waals surface area contributed by atoms with Gasteiger partial charge in [-0.2, -0.15) is 22.0 Å². The molecule has 0 aliphatic heterocycles. The summed E-state index contributed by atoms with van der Waals surface area (Å²) in [5, 5.41) is 5.39. The number of nitrogens with one attached hydrogen (secondary N) is 4. The third-order valence-electron chi connectivity index (χ3n) is 17.5. The molecule has 0 spiro atoms. The normalized spacial score (nSPS) is 10.7. The molecule has 0 fully saturated rings. The first-order valence-electron chi connectivity index (χ1n) is 39.7. The summed E-state index contributed by atoms with van der Waals surface area (Å²) < 4.78 is 64.8. The minimum absolute atomic E-state index is 0. The van der Waals surface area contributed by atoms with Crippen LogP contribution in [0.2, 0.25) is 10.0 Å². The number of thioether (sulfide) groups is 7. The highest BCUT2D eigenvalue weighted by atomic mass is 35.5. The van der Waals surface area contributed by atoms with Crippen molar-refractivity contribution in [3.05, 3.63) is 340 Å². The van der Waals surface area contributed by atoms with Crippen LogP contribution in [0.25, 0.3) is 0 Å². The molecule has 131 heavy (non-hydrogen) atoms. The number of hydrogen-bond acceptors (Lipinski definition) is 29. The van der Waals surface area contributed by atoms with E-state index < -0.39 is 28.9 Å². The van der Waals surface area contributed by atoms with Crippen molar-refractivity contribution in [3.63, 3.8) is 0 Å². The molecule has 14 aromatic heterocycles. The van der Waals surface area contributed by atoms with Crippen molar-refractivity contribution in [2.45, 2.75) is 212 Å². The van der Waals surface area contributed by atoms with Gasteiger partial charge in [0.1, 0.15) is 11.5 Å². The van der Waals surface area contributed by atoms with Crippen molar-refractivity contribution >= 4 is 130 Å². The lowest BCUT2D eigenvalue weighted by Gasteiger charge is -2.11. The standard InChI is InChI=1S/2C14H17N3S.C13H12ClF2N3OS.C13H14ClN3S.C13H15N3OS.C12H10F3N3OS.C10H10N4OS.2ClH/c1-9-5-6-15-12(4)13(9)8-18-14-16-10(2)7-11(3)17-14;1-4-12-6-13(8-15-7-12)9-18-14-16-10(2)5-11(3)17-14;1-7-4-17-5-9(14)8(7)6-21-12-18-10(13(2,15)16)3-11(20)19-12;1-8-6-9(2)17-13(16-8)18-7-11-10(3)15-5-4-12(11)14;1-3-10-7-14-5-4-11(10)8-18-13-15-9(2)6-12(17)16-13;1-7-4-10(19)18-11(17-7)20-6-8-2-3-16-5-9(8)12(13,14)15;1-7-5-9(15)14-10(13-7)16-6-8-11-3-2-4-12-8;;/h5-7H,8H2,1-4H3;5-8H,4,9H2,1-3H3;3-5H,6H2,1-2H3,(H,18,19,20);4-6H,7H2,1-3H3;4-7H,3,8H2,1-2H3,(H,15,16,17);2-5H,6H2,1H3,(H,17,18,19);2-5H,6H2,1H3,(H,13,14,15);2*1H. The van der Waals surface area contributed by atoms with Crippen molar-refractivity contribution in [1.29, 1.82) is 0 Å². The molecular formula is C89H97Cl4F5N22O4S7. The lowest BCUT2D eigenvalue weighted by molar-refractivity contribution is -0.138. The van der Waals surface area contributed by atoms with Gasteiger partial charge in [-0.15, -0.1) is 24.8 Å². The topological polar surface area (TPSA) is 363 Å². The molecule has 14 aromatic rings. The largest absolute Gasteiger partial charge is 0.418 e. The fraction of sp³-hybridized carbons (Fsp3) is 0.303. The first-order chi connectivity index (χ1) is 61.3. The van der Waals surface area contributed by atoms with Crippen LogP contribution in [0, 0.1) is 90.0 Å². The highest BCUT2D eigenvalue weighted by Gasteiger charge is 2.34. The smallest absolute Gasteiger partial charge is 0.301 e. The van der Waals surface area contributed by atoms with Gasteiger partial charge in [-0.25, -0.2) is 59.8 Å². The molecule has 0 bridgehead atoms. The number of pyridine rings is 6. The minimum atomic E-state index is -4.45. The van der Waals surface area contributed by atoms with E-state index in [1.165, 1.54) is 93.6 Å². The Bertz CT molecular complexity index is 6090. The number of alkyl halides is 5. The van der Waals surface area contributed by atoms with Gasteiger partial charge in [0.15, 0.2) is 36.1 Å². The number of hydrogen-bond donors (Lipinski definition) is 4. The highest BCUT2D eigenvalue weighted by Crippen LogP contribution is 2.35. The zero-order valence-corrected chi connectivity index (χ0v) is 83.2. The summed E-state index contributed by atoms with van der Waals surface area (Å²) >= 11 is 22.2. The summed E-state index contributed by atoms with van der Waals surface area (Å²) in [5.74, 6) is 1.86. The van der Waals surface area contributed by atoms with E-state index in [9.17, 15) is 41.1 Å². The zero-order chi connectivity index (χ0) is 93.9. The van der Waals surface area contributed by atoms with Crippen LogP contribution in [0.4, 0.5) is 22.0 Å². The molecule has 42 heteroatoms. The molecule has 0 saturated carbocycles. The average molecular weight is 2000 g/mol. The SMILES string of the molecule is CCc1cncc(CSc2nc(C)cc(C)n2)c1.CCc1cnccc1CSc1nc(C)cc(=O)[nH]1.Cc1cc(=O)[nH]c(SCc2ccncc2C(F)(F)F)n1.Cc1cc(=O)[nH]c(SCc2ncccn2)n1.Cc1cc(C)nc(SCc2c(C)ccnc2C)n1.Cc1cc(C)nc(SCc2c(Cl)ccnc2C)n1.Cc1cncc(Cl)c1CSc1nc(C(C)(F)F)cc(=O)[nH]1.Cl.Cl. The van der Waals surface area contributed by atoms with Gasteiger partial charge in [0, 0.05) is 213 Å². The lowest BCUT2D eigenvalue weighted by Crippen LogP contribution is -2.17. The van der Waals surface area contributed by atoms with E-state index >= 15 is 0 Å². The van der Waals surface area contributed by atoms with Crippen molar-refractivity contribution in [2.24, 2.45) is 0 Å². The van der Waals surface area contributed by atoms with Gasteiger partial charge in [-0.05, 0) is 201 Å². The zero-order valence-electron chi connectivity index (χ0n) is 74.3. The first kappa shape index (κ1) is 110. The van der Waals surface area contributed by atoms with Crippen LogP contribution in [0.15, 0.2) is 208 Å². The van der Waals surface area contributed by atoms with Gasteiger partial charge in [-0.1, -0.05) is 125 Å². The van der Waals surface area contributed by atoms with Crippen molar-refractivity contribution in [1.82, 2.24) is 110 Å². The van der Waals surface area contributed by atoms with Crippen LogP contribution >= 0.6 is 130 Å². The molecule has 0 unspecified atom stereocenters. The fourth-order valence-electron chi connectivity index (χ4n) is 11.2. The molecule has 14 heterocycles. The number of halogens is 9. The average Bonchev–Trinajstić information content (AvgIpc) is 0.833. The summed E-state index contributed by atoms with van der Waals surface area (Å²) in [5.41, 5.74) is 17.9. The van der Waals surface area contributed by atoms with Crippen LogP contribution in [-0.4, -0.2) is 110 Å². The maximum absolute atomic E-state index is 13.3. The summed E-state index contributed by atoms with van der Waals surface area (Å²) in [6.07, 6.45) is 17.3. The molecule has 692 valence electrons. The van der Waals surface area contributed by atoms with Gasteiger partial charge >= 0.3 is 6.18 Å². The first-order valence-corrected chi connectivity index (χ1v) is 47.3. The van der Waals surface area contributed by atoms with Crippen molar-refractivity contribution in [3.8, 4) is 0 Å². The van der Waals surface area contributed by atoms with Crippen LogP contribution in [0.5, 0.6) is 0 Å². The second kappa shape index (κ2) is 54.9. The van der Waals surface area contributed by atoms with Crippen LogP contribution in [-0.2, 0) is 65.2 Å². The summed E-state index contributed by atoms with van der Waals surface area (Å²) in [6.45, 7) is 30.1. The van der Waals surface area contributed by atoms with Crippen LogP contribution < -0.4 is 22.2 Å². The van der Waals surface area contributed by atoms with Crippen LogP contribution in [0.1, 0.15) is 156 Å². The molecular weight excluding hydrogens is 1900 g/mol. The van der Waals surface area contributed by atoms with E-state index in [1.807, 2.05) is 130 Å². The molecule has 26 nitrogen and oxygen atoms in total. The van der Waals surface area contributed by atoms with Crippen molar-refractivity contribution in [2.75, 3.05) is 0 Å². The number of H-pyrrole nitrogens is 4. The Labute approximate surface area is 807 Å². The Hall–Kier alpha value is -10.0. The van der Waals surface area contributed by atoms with E-state index in [0.29, 0.717) is 50.3 Å². The summed E-state index contributed by atoms with van der Waals surface area (Å²) in [6, 6.07) is 22.2. The summed E-state index contributed by atoms with van der Waals surface area (Å²) in [7, 11) is 0. The predicted octanol–water partition coefficient (Wildman–Crippen LogP) is 21.1. The van der Waals surface area contributed by atoms with Gasteiger partial charge in [0.2, 0.25) is 0 Å². The number of rotatable bonds is 24. The Balaban J connectivity index is 0.000000235. The third kappa shape index (κ3) is 39.0.